The molecule has 84 valence electrons. The van der Waals surface area contributed by atoms with E-state index >= 15 is 0 Å². The molecule has 2 heterocycles. The van der Waals surface area contributed by atoms with Gasteiger partial charge in [-0.3, -0.25) is 4.98 Å². The van der Waals surface area contributed by atoms with Crippen LogP contribution in [0.1, 0.15) is 37.3 Å². The van der Waals surface area contributed by atoms with Crippen LogP contribution in [0, 0.1) is 0 Å². The van der Waals surface area contributed by atoms with Gasteiger partial charge >= 0.3 is 0 Å². The molecule has 0 aliphatic carbocycles. The lowest BCUT2D eigenvalue weighted by Gasteiger charge is -2.17. The third-order valence-electron chi connectivity index (χ3n) is 2.70. The number of pyridine rings is 1. The van der Waals surface area contributed by atoms with Crippen LogP contribution in [-0.4, -0.2) is 14.5 Å². The largest absolute Gasteiger partial charge is 0.324 e. The molecule has 4 heteroatoms. The van der Waals surface area contributed by atoms with Crippen LogP contribution in [0.4, 0.5) is 0 Å². The minimum atomic E-state index is -0.0198. The number of nitrogens with two attached hydrogens (primary N) is 1. The van der Waals surface area contributed by atoms with Gasteiger partial charge in [0.1, 0.15) is 0 Å². The van der Waals surface area contributed by atoms with E-state index in [0.717, 1.165) is 11.4 Å². The number of hydrogen-bond donors (Lipinski definition) is 1. The molecule has 0 aliphatic rings. The Labute approximate surface area is 95.1 Å². The van der Waals surface area contributed by atoms with Crippen molar-refractivity contribution in [3.05, 3.63) is 48.3 Å². The molecule has 4 nitrogen and oxygen atoms in total. The van der Waals surface area contributed by atoms with Crippen molar-refractivity contribution < 1.29 is 0 Å². The van der Waals surface area contributed by atoms with E-state index in [0.29, 0.717) is 0 Å². The van der Waals surface area contributed by atoms with Gasteiger partial charge in [-0.15, -0.1) is 0 Å². The Balaban J connectivity index is 2.34. The Morgan fingerprint density at radius 3 is 2.75 bits per heavy atom. The second-order valence-corrected chi connectivity index (χ2v) is 3.95. The van der Waals surface area contributed by atoms with Gasteiger partial charge in [-0.05, 0) is 26.0 Å². The fraction of sp³-hybridized carbons (Fsp3) is 0.333. The average molecular weight is 216 g/mol. The van der Waals surface area contributed by atoms with E-state index in [1.54, 1.807) is 12.5 Å². The first-order chi connectivity index (χ1) is 7.70. The van der Waals surface area contributed by atoms with Crippen LogP contribution in [0.3, 0.4) is 0 Å². The summed E-state index contributed by atoms with van der Waals surface area (Å²) in [5, 5.41) is 0. The van der Waals surface area contributed by atoms with Crippen molar-refractivity contribution in [2.24, 2.45) is 5.73 Å². The van der Waals surface area contributed by atoms with E-state index in [4.69, 9.17) is 5.73 Å². The van der Waals surface area contributed by atoms with Crippen molar-refractivity contribution in [3.63, 3.8) is 0 Å². The van der Waals surface area contributed by atoms with E-state index in [2.05, 4.69) is 21.5 Å². The Hall–Kier alpha value is -1.68. The molecule has 2 aromatic rings. The summed E-state index contributed by atoms with van der Waals surface area (Å²) in [6.07, 6.45) is 5.41. The first-order valence-electron chi connectivity index (χ1n) is 5.38. The molecule has 0 bridgehead atoms. The van der Waals surface area contributed by atoms with Gasteiger partial charge in [-0.1, -0.05) is 6.07 Å². The summed E-state index contributed by atoms with van der Waals surface area (Å²) >= 11 is 0. The standard InChI is InChI=1S/C12H16N4/c1-9(13)12-7-14-8-16(12)10(2)11-5-3-4-6-15-11/h3-10H,13H2,1-2H3/t9-,10?/m1/s1. The van der Waals surface area contributed by atoms with E-state index in [1.165, 1.54) is 0 Å². The van der Waals surface area contributed by atoms with Crippen LogP contribution in [0.2, 0.25) is 0 Å². The van der Waals surface area contributed by atoms with Gasteiger partial charge in [0.05, 0.1) is 23.8 Å². The highest BCUT2D eigenvalue weighted by atomic mass is 15.1. The highest BCUT2D eigenvalue weighted by Crippen LogP contribution is 2.20. The lowest BCUT2D eigenvalue weighted by Crippen LogP contribution is -2.16. The Morgan fingerprint density at radius 2 is 2.12 bits per heavy atom. The molecule has 0 saturated carbocycles. The van der Waals surface area contributed by atoms with Crippen LogP contribution < -0.4 is 5.73 Å². The van der Waals surface area contributed by atoms with Crippen molar-refractivity contribution >= 4 is 0 Å². The van der Waals surface area contributed by atoms with Gasteiger partial charge in [-0.2, -0.15) is 0 Å². The van der Waals surface area contributed by atoms with E-state index < -0.39 is 0 Å². The molecule has 0 fully saturated rings. The minimum absolute atomic E-state index is 0.0198. The molecule has 1 unspecified atom stereocenters. The van der Waals surface area contributed by atoms with Crippen LogP contribution in [0.5, 0.6) is 0 Å². The Morgan fingerprint density at radius 1 is 1.31 bits per heavy atom. The molecule has 0 spiro atoms. The predicted molar refractivity (Wildman–Crippen MR) is 62.9 cm³/mol. The zero-order valence-corrected chi connectivity index (χ0v) is 9.54. The van der Waals surface area contributed by atoms with Crippen LogP contribution >= 0.6 is 0 Å². The minimum Gasteiger partial charge on any atom is -0.324 e. The summed E-state index contributed by atoms with van der Waals surface area (Å²) in [6, 6.07) is 6.05. The number of hydrogen-bond acceptors (Lipinski definition) is 3. The Kier molecular flexibility index (Phi) is 3.01. The molecule has 2 N–H and O–H groups in total. The molecule has 2 aromatic heterocycles. The second-order valence-electron chi connectivity index (χ2n) is 3.95. The molecular formula is C12H16N4. The van der Waals surface area contributed by atoms with Crippen molar-refractivity contribution in [2.45, 2.75) is 25.9 Å². The maximum Gasteiger partial charge on any atom is 0.0954 e. The highest BCUT2D eigenvalue weighted by Gasteiger charge is 2.14. The van der Waals surface area contributed by atoms with Gasteiger partial charge < -0.3 is 10.3 Å². The topological polar surface area (TPSA) is 56.7 Å². The van der Waals surface area contributed by atoms with Gasteiger partial charge in [0.15, 0.2) is 0 Å². The molecule has 0 radical (unpaired) electrons. The lowest BCUT2D eigenvalue weighted by molar-refractivity contribution is 0.570. The molecule has 0 amide bonds. The van der Waals surface area contributed by atoms with Gasteiger partial charge in [-0.25, -0.2) is 4.98 Å². The summed E-state index contributed by atoms with van der Waals surface area (Å²) in [4.78, 5) is 8.49. The number of nitrogens with zero attached hydrogens (tertiary/aromatic N) is 3. The maximum atomic E-state index is 5.89. The number of imidazole rings is 1. The van der Waals surface area contributed by atoms with Crippen molar-refractivity contribution in [3.8, 4) is 0 Å². The van der Waals surface area contributed by atoms with Gasteiger partial charge in [0.2, 0.25) is 0 Å². The summed E-state index contributed by atoms with van der Waals surface area (Å²) in [5.41, 5.74) is 7.94. The monoisotopic (exact) mass is 216 g/mol. The lowest BCUT2D eigenvalue weighted by atomic mass is 10.2. The average Bonchev–Trinajstić information content (AvgIpc) is 2.78. The number of aromatic nitrogens is 3. The third-order valence-corrected chi connectivity index (χ3v) is 2.70. The summed E-state index contributed by atoms with van der Waals surface area (Å²) in [6.45, 7) is 4.05. The summed E-state index contributed by atoms with van der Waals surface area (Å²) in [7, 11) is 0. The van der Waals surface area contributed by atoms with Gasteiger partial charge in [0.25, 0.3) is 0 Å². The molecule has 2 rings (SSSR count). The highest BCUT2D eigenvalue weighted by molar-refractivity contribution is 5.13. The third kappa shape index (κ3) is 1.97. The zero-order valence-electron chi connectivity index (χ0n) is 9.54. The fourth-order valence-electron chi connectivity index (χ4n) is 1.76. The second kappa shape index (κ2) is 4.45. The SMILES string of the molecule is CC(c1ccccn1)n1cncc1[C@@H](C)N. The van der Waals surface area contributed by atoms with Crippen molar-refractivity contribution in [1.82, 2.24) is 14.5 Å². The predicted octanol–water partition coefficient (Wildman–Crippen LogP) is 1.91. The zero-order chi connectivity index (χ0) is 11.5. The molecule has 16 heavy (non-hydrogen) atoms. The first-order valence-corrected chi connectivity index (χ1v) is 5.38. The van der Waals surface area contributed by atoms with Crippen LogP contribution in [-0.2, 0) is 0 Å². The maximum absolute atomic E-state index is 5.89. The van der Waals surface area contributed by atoms with Crippen LogP contribution in [0.25, 0.3) is 0 Å². The number of rotatable bonds is 3. The summed E-state index contributed by atoms with van der Waals surface area (Å²) in [5.74, 6) is 0. The fourth-order valence-corrected chi connectivity index (χ4v) is 1.76. The van der Waals surface area contributed by atoms with Gasteiger partial charge in [0, 0.05) is 18.4 Å². The molecular weight excluding hydrogens is 200 g/mol. The van der Waals surface area contributed by atoms with E-state index in [1.807, 2.05) is 31.3 Å². The van der Waals surface area contributed by atoms with Crippen molar-refractivity contribution in [1.29, 1.82) is 0 Å². The molecule has 2 atom stereocenters. The summed E-state index contributed by atoms with van der Waals surface area (Å²) < 4.78 is 2.06. The van der Waals surface area contributed by atoms with Crippen molar-refractivity contribution in [2.75, 3.05) is 0 Å². The van der Waals surface area contributed by atoms with E-state index in [9.17, 15) is 0 Å². The quantitative estimate of drug-likeness (QED) is 0.852. The Bertz CT molecular complexity index is 447. The molecule has 0 aromatic carbocycles. The van der Waals surface area contributed by atoms with Crippen LogP contribution in [0.15, 0.2) is 36.9 Å². The van der Waals surface area contributed by atoms with E-state index in [-0.39, 0.29) is 12.1 Å². The molecule has 0 aliphatic heterocycles. The normalized spacial score (nSPS) is 14.7. The first kappa shape index (κ1) is 10.8. The molecule has 0 saturated heterocycles. The smallest absolute Gasteiger partial charge is 0.0954 e.